The minimum absolute atomic E-state index is 0.0231. The molecule has 1 aliphatic rings. The minimum Gasteiger partial charge on any atom is -0.493 e. The molecular weight excluding hydrogens is 434 g/mol. The standard InChI is InChI=1S/C26H35N3O5/c1-3-34-23-10-9-21(18-24(23)32-2)22(29-13-15-33-16-14-29)19-28-25(30)11-12-27-26(31)17-20-7-5-4-6-8-20/h4-10,18,22H,3,11-17,19H2,1-2H3,(H,27,31)(H,28,30). The quantitative estimate of drug-likeness (QED) is 0.496. The molecular formula is C26H35N3O5. The largest absolute Gasteiger partial charge is 0.493 e. The van der Waals surface area contributed by atoms with Crippen LogP contribution >= 0.6 is 0 Å². The maximum Gasteiger partial charge on any atom is 0.224 e. The molecule has 1 aliphatic heterocycles. The van der Waals surface area contributed by atoms with Crippen LogP contribution in [0.2, 0.25) is 0 Å². The number of carbonyl (C=O) groups excluding carboxylic acids is 2. The molecule has 1 atom stereocenters. The van der Waals surface area contributed by atoms with Gasteiger partial charge in [-0.05, 0) is 30.2 Å². The summed E-state index contributed by atoms with van der Waals surface area (Å²) in [5.41, 5.74) is 1.99. The van der Waals surface area contributed by atoms with E-state index in [0.717, 1.165) is 24.2 Å². The SMILES string of the molecule is CCOc1ccc(C(CNC(=O)CCNC(=O)Cc2ccccc2)N2CCOCC2)cc1OC. The Hall–Kier alpha value is -3.10. The van der Waals surface area contributed by atoms with Gasteiger partial charge in [0.2, 0.25) is 11.8 Å². The van der Waals surface area contributed by atoms with Gasteiger partial charge >= 0.3 is 0 Å². The van der Waals surface area contributed by atoms with Crippen LogP contribution in [0.4, 0.5) is 0 Å². The number of nitrogens with one attached hydrogen (secondary N) is 2. The Bertz CT molecular complexity index is 916. The van der Waals surface area contributed by atoms with Crippen molar-refractivity contribution >= 4 is 11.8 Å². The van der Waals surface area contributed by atoms with Gasteiger partial charge in [0.05, 0.1) is 39.4 Å². The molecule has 2 aromatic carbocycles. The zero-order valence-electron chi connectivity index (χ0n) is 20.0. The summed E-state index contributed by atoms with van der Waals surface area (Å²) in [6, 6.07) is 15.4. The first-order valence-electron chi connectivity index (χ1n) is 11.8. The van der Waals surface area contributed by atoms with Crippen molar-refractivity contribution in [3.05, 3.63) is 59.7 Å². The average molecular weight is 470 g/mol. The van der Waals surface area contributed by atoms with Crippen LogP contribution in [0.15, 0.2) is 48.5 Å². The monoisotopic (exact) mass is 469 g/mol. The van der Waals surface area contributed by atoms with E-state index in [1.165, 1.54) is 0 Å². The summed E-state index contributed by atoms with van der Waals surface area (Å²) in [4.78, 5) is 26.9. The van der Waals surface area contributed by atoms with Crippen LogP contribution in [-0.2, 0) is 20.7 Å². The van der Waals surface area contributed by atoms with Gasteiger partial charge in [-0.2, -0.15) is 0 Å². The van der Waals surface area contributed by atoms with Gasteiger partial charge in [0, 0.05) is 32.6 Å². The average Bonchev–Trinajstić information content (AvgIpc) is 2.86. The topological polar surface area (TPSA) is 89.1 Å². The predicted molar refractivity (Wildman–Crippen MR) is 130 cm³/mol. The molecule has 3 rings (SSSR count). The van der Waals surface area contributed by atoms with Gasteiger partial charge in [-0.1, -0.05) is 36.4 Å². The number of hydrogen-bond donors (Lipinski definition) is 2. The Kier molecular flexibility index (Phi) is 10.2. The lowest BCUT2D eigenvalue weighted by Crippen LogP contribution is -2.44. The summed E-state index contributed by atoms with van der Waals surface area (Å²) < 4.78 is 16.7. The van der Waals surface area contributed by atoms with Crippen LogP contribution in [0.3, 0.4) is 0 Å². The van der Waals surface area contributed by atoms with Crippen molar-refractivity contribution in [2.24, 2.45) is 0 Å². The van der Waals surface area contributed by atoms with E-state index >= 15 is 0 Å². The molecule has 0 saturated carbocycles. The first-order valence-corrected chi connectivity index (χ1v) is 11.8. The van der Waals surface area contributed by atoms with Crippen molar-refractivity contribution in [2.75, 3.05) is 53.1 Å². The summed E-state index contributed by atoms with van der Waals surface area (Å²) >= 11 is 0. The Balaban J connectivity index is 1.54. The van der Waals surface area contributed by atoms with E-state index in [9.17, 15) is 9.59 Å². The fourth-order valence-electron chi connectivity index (χ4n) is 3.97. The molecule has 0 aliphatic carbocycles. The first kappa shape index (κ1) is 25.5. The van der Waals surface area contributed by atoms with Crippen molar-refractivity contribution in [2.45, 2.75) is 25.8 Å². The zero-order chi connectivity index (χ0) is 24.2. The highest BCUT2D eigenvalue weighted by Crippen LogP contribution is 2.32. The lowest BCUT2D eigenvalue weighted by molar-refractivity contribution is -0.122. The van der Waals surface area contributed by atoms with Crippen LogP contribution in [0.5, 0.6) is 11.5 Å². The maximum atomic E-state index is 12.5. The lowest BCUT2D eigenvalue weighted by atomic mass is 10.0. The van der Waals surface area contributed by atoms with E-state index in [4.69, 9.17) is 14.2 Å². The predicted octanol–water partition coefficient (Wildman–Crippen LogP) is 2.33. The van der Waals surface area contributed by atoms with Crippen molar-refractivity contribution < 1.29 is 23.8 Å². The second-order valence-corrected chi connectivity index (χ2v) is 8.07. The molecule has 2 amide bonds. The molecule has 2 N–H and O–H groups in total. The highest BCUT2D eigenvalue weighted by atomic mass is 16.5. The Morgan fingerprint density at radius 2 is 1.79 bits per heavy atom. The van der Waals surface area contributed by atoms with Crippen LogP contribution in [0.25, 0.3) is 0 Å². The van der Waals surface area contributed by atoms with Crippen molar-refractivity contribution in [1.82, 2.24) is 15.5 Å². The molecule has 1 saturated heterocycles. The van der Waals surface area contributed by atoms with Gasteiger partial charge in [0.1, 0.15) is 0 Å². The molecule has 8 nitrogen and oxygen atoms in total. The number of methoxy groups -OCH3 is 1. The summed E-state index contributed by atoms with van der Waals surface area (Å²) in [6.07, 6.45) is 0.532. The molecule has 0 spiro atoms. The fraction of sp³-hybridized carbons (Fsp3) is 0.462. The van der Waals surface area contributed by atoms with E-state index in [2.05, 4.69) is 15.5 Å². The van der Waals surface area contributed by atoms with Crippen LogP contribution in [-0.4, -0.2) is 69.8 Å². The highest BCUT2D eigenvalue weighted by molar-refractivity contribution is 5.80. The van der Waals surface area contributed by atoms with E-state index in [1.54, 1.807) is 7.11 Å². The summed E-state index contributed by atoms with van der Waals surface area (Å²) in [6.45, 7) is 6.13. The van der Waals surface area contributed by atoms with E-state index in [0.29, 0.717) is 50.8 Å². The smallest absolute Gasteiger partial charge is 0.224 e. The Morgan fingerprint density at radius 3 is 2.50 bits per heavy atom. The second kappa shape index (κ2) is 13.6. The number of morpholine rings is 1. The number of nitrogens with zero attached hydrogens (tertiary/aromatic N) is 1. The lowest BCUT2D eigenvalue weighted by Gasteiger charge is -2.35. The fourth-order valence-corrected chi connectivity index (χ4v) is 3.97. The van der Waals surface area contributed by atoms with Gasteiger partial charge in [0.15, 0.2) is 11.5 Å². The minimum atomic E-state index is -0.101. The van der Waals surface area contributed by atoms with Crippen LogP contribution < -0.4 is 20.1 Å². The third kappa shape index (κ3) is 7.74. The van der Waals surface area contributed by atoms with Gasteiger partial charge < -0.3 is 24.8 Å². The molecule has 0 bridgehead atoms. The maximum absolute atomic E-state index is 12.5. The molecule has 8 heteroatoms. The summed E-state index contributed by atoms with van der Waals surface area (Å²) in [7, 11) is 1.62. The Labute approximate surface area is 201 Å². The van der Waals surface area contributed by atoms with Crippen molar-refractivity contribution in [1.29, 1.82) is 0 Å². The third-order valence-corrected chi connectivity index (χ3v) is 5.73. The normalized spacial score (nSPS) is 14.8. The van der Waals surface area contributed by atoms with Gasteiger partial charge in [0.25, 0.3) is 0 Å². The van der Waals surface area contributed by atoms with Gasteiger partial charge in [-0.3, -0.25) is 14.5 Å². The number of ether oxygens (including phenoxy) is 3. The zero-order valence-corrected chi connectivity index (χ0v) is 20.0. The second-order valence-electron chi connectivity index (χ2n) is 8.07. The number of carbonyl (C=O) groups is 2. The first-order chi connectivity index (χ1) is 16.6. The summed E-state index contributed by atoms with van der Waals surface area (Å²) in [5, 5.41) is 5.86. The molecule has 184 valence electrons. The van der Waals surface area contributed by atoms with Crippen LogP contribution in [0, 0.1) is 0 Å². The molecule has 0 radical (unpaired) electrons. The Morgan fingerprint density at radius 1 is 1.03 bits per heavy atom. The summed E-state index contributed by atoms with van der Waals surface area (Å²) in [5.74, 6) is 1.18. The number of rotatable bonds is 12. The number of benzene rings is 2. The van der Waals surface area contributed by atoms with Crippen molar-refractivity contribution in [3.63, 3.8) is 0 Å². The van der Waals surface area contributed by atoms with Crippen molar-refractivity contribution in [3.8, 4) is 11.5 Å². The van der Waals surface area contributed by atoms with Gasteiger partial charge in [-0.15, -0.1) is 0 Å². The molecule has 1 heterocycles. The molecule has 0 aromatic heterocycles. The van der Waals surface area contributed by atoms with E-state index in [-0.39, 0.29) is 24.3 Å². The van der Waals surface area contributed by atoms with E-state index < -0.39 is 0 Å². The molecule has 2 aromatic rings. The third-order valence-electron chi connectivity index (χ3n) is 5.73. The number of amides is 2. The van der Waals surface area contributed by atoms with E-state index in [1.807, 2.05) is 55.5 Å². The molecule has 1 unspecified atom stereocenters. The van der Waals surface area contributed by atoms with Crippen LogP contribution in [0.1, 0.15) is 30.5 Å². The molecule has 34 heavy (non-hydrogen) atoms. The number of hydrogen-bond acceptors (Lipinski definition) is 6. The van der Waals surface area contributed by atoms with Gasteiger partial charge in [-0.25, -0.2) is 0 Å². The molecule has 1 fully saturated rings. The highest BCUT2D eigenvalue weighted by Gasteiger charge is 2.24.